The van der Waals surface area contributed by atoms with Crippen molar-refractivity contribution < 1.29 is 27.5 Å². The normalized spacial score (nSPS) is 19.9. The van der Waals surface area contributed by atoms with Crippen molar-refractivity contribution in [1.82, 2.24) is 4.90 Å². The van der Waals surface area contributed by atoms with Gasteiger partial charge in [0.2, 0.25) is 0 Å². The Labute approximate surface area is 252 Å². The molecule has 0 radical (unpaired) electrons. The van der Waals surface area contributed by atoms with E-state index in [9.17, 15) is 13.6 Å². The average Bonchev–Trinajstić information content (AvgIpc) is 3.32. The summed E-state index contributed by atoms with van der Waals surface area (Å²) in [5.41, 5.74) is 0.992. The maximum Gasteiger partial charge on any atom is 0.312 e. The van der Waals surface area contributed by atoms with Crippen LogP contribution in [0.1, 0.15) is 59.1 Å². The lowest BCUT2D eigenvalue weighted by Gasteiger charge is -2.47. The minimum Gasteiger partial charge on any atom is -0.461 e. The van der Waals surface area contributed by atoms with E-state index in [2.05, 4.69) is 66.1 Å². The Morgan fingerprint density at radius 2 is 1.67 bits per heavy atom. The number of hydrogen-bond donors (Lipinski definition) is 0. The van der Waals surface area contributed by atoms with Gasteiger partial charge in [-0.1, -0.05) is 57.2 Å². The van der Waals surface area contributed by atoms with Crippen LogP contribution in [-0.2, 0) is 31.7 Å². The van der Waals surface area contributed by atoms with E-state index in [1.165, 1.54) is 12.1 Å². The number of rotatable bonds is 12. The molecule has 1 heterocycles. The van der Waals surface area contributed by atoms with Crippen LogP contribution in [0.4, 0.5) is 8.78 Å². The third kappa shape index (κ3) is 9.05. The van der Waals surface area contributed by atoms with Crippen molar-refractivity contribution in [2.24, 2.45) is 5.92 Å². The smallest absolute Gasteiger partial charge is 0.312 e. The van der Waals surface area contributed by atoms with Crippen molar-refractivity contribution in [2.75, 3.05) is 13.2 Å². The summed E-state index contributed by atoms with van der Waals surface area (Å²) in [5.74, 6) is -2.62. The Hall–Kier alpha value is -2.39. The van der Waals surface area contributed by atoms with Gasteiger partial charge in [0.05, 0.1) is 24.7 Å². The largest absolute Gasteiger partial charge is 0.461 e. The molecule has 42 heavy (non-hydrogen) atoms. The summed E-state index contributed by atoms with van der Waals surface area (Å²) < 4.78 is 47.9. The fourth-order valence-electron chi connectivity index (χ4n) is 5.33. The van der Waals surface area contributed by atoms with E-state index in [0.29, 0.717) is 25.1 Å². The minimum absolute atomic E-state index is 0.0776. The first-order valence-electron chi connectivity index (χ1n) is 14.8. The molecule has 1 saturated heterocycles. The van der Waals surface area contributed by atoms with E-state index in [1.807, 2.05) is 30.3 Å². The van der Waals surface area contributed by atoms with Crippen LogP contribution in [0.2, 0.25) is 18.1 Å². The van der Waals surface area contributed by atoms with Crippen molar-refractivity contribution in [3.05, 3.63) is 83.9 Å². The monoisotopic (exact) mass is 601 g/mol. The van der Waals surface area contributed by atoms with Gasteiger partial charge in [-0.25, -0.2) is 8.78 Å². The molecule has 4 atom stereocenters. The molecule has 0 bridgehead atoms. The number of hydrogen-bond acceptors (Lipinski definition) is 5. The fourth-order valence-corrected chi connectivity index (χ4v) is 6.69. The van der Waals surface area contributed by atoms with Gasteiger partial charge in [-0.3, -0.25) is 9.69 Å². The van der Waals surface area contributed by atoms with Crippen molar-refractivity contribution in [2.45, 2.75) is 103 Å². The molecule has 2 aromatic carbocycles. The minimum atomic E-state index is -2.45. The van der Waals surface area contributed by atoms with Gasteiger partial charge < -0.3 is 13.9 Å². The van der Waals surface area contributed by atoms with Crippen LogP contribution in [0.15, 0.2) is 61.2 Å². The van der Waals surface area contributed by atoms with E-state index < -0.39 is 37.9 Å². The molecule has 1 aliphatic rings. The summed E-state index contributed by atoms with van der Waals surface area (Å²) in [6, 6.07) is 12.7. The number of halogens is 2. The number of ether oxygens (including phenoxy) is 2. The van der Waals surface area contributed by atoms with Gasteiger partial charge in [-0.2, -0.15) is 0 Å². The summed E-state index contributed by atoms with van der Waals surface area (Å²) in [6.07, 6.45) is 1.78. The van der Waals surface area contributed by atoms with Gasteiger partial charge in [0.15, 0.2) is 8.32 Å². The Balaban J connectivity index is 2.10. The van der Waals surface area contributed by atoms with Crippen LogP contribution in [0.5, 0.6) is 0 Å². The average molecular weight is 602 g/mol. The Morgan fingerprint density at radius 1 is 1.05 bits per heavy atom. The Kier molecular flexibility index (Phi) is 11.3. The summed E-state index contributed by atoms with van der Waals surface area (Å²) in [6.45, 7) is 22.2. The van der Waals surface area contributed by atoms with Gasteiger partial charge in [0.25, 0.3) is 0 Å². The molecule has 8 heteroatoms. The van der Waals surface area contributed by atoms with Crippen LogP contribution in [0, 0.1) is 17.6 Å². The quantitative estimate of drug-likeness (QED) is 0.142. The maximum absolute atomic E-state index is 14.4. The number of nitrogens with zero attached hydrogens (tertiary/aromatic N) is 1. The van der Waals surface area contributed by atoms with Crippen LogP contribution >= 0.6 is 0 Å². The van der Waals surface area contributed by atoms with Crippen LogP contribution < -0.4 is 0 Å². The molecule has 0 aliphatic carbocycles. The third-order valence-corrected chi connectivity index (χ3v) is 13.0. The van der Waals surface area contributed by atoms with Crippen molar-refractivity contribution in [1.29, 1.82) is 0 Å². The van der Waals surface area contributed by atoms with Gasteiger partial charge in [-0.05, 0) is 75.0 Å². The lowest BCUT2D eigenvalue weighted by Crippen LogP contribution is -2.57. The fraction of sp³-hybridized carbons (Fsp3) is 0.559. The highest BCUT2D eigenvalue weighted by molar-refractivity contribution is 6.74. The predicted octanol–water partition coefficient (Wildman–Crippen LogP) is 7.70. The number of carbonyl (C=O) groups is 1. The first-order chi connectivity index (χ1) is 19.5. The SMILES string of the molecule is C=CCO[C@@H]1C[C@H](C(O[Si](C)(C)C(C)(C)C)C(Cc2cc(F)cc(F)c2)C(=O)OCc2ccccc2)N(C(C)(C)C)C1. The second kappa shape index (κ2) is 13.9. The van der Waals surface area contributed by atoms with Gasteiger partial charge in [0, 0.05) is 24.2 Å². The van der Waals surface area contributed by atoms with E-state index in [4.69, 9.17) is 13.9 Å². The molecule has 2 unspecified atom stereocenters. The zero-order chi connectivity index (χ0) is 31.3. The molecule has 0 N–H and O–H groups in total. The number of esters is 1. The lowest BCUT2D eigenvalue weighted by atomic mass is 9.87. The lowest BCUT2D eigenvalue weighted by molar-refractivity contribution is -0.155. The molecule has 0 spiro atoms. The zero-order valence-corrected chi connectivity index (χ0v) is 27.6. The number of likely N-dealkylation sites (tertiary alicyclic amines) is 1. The summed E-state index contributed by atoms with van der Waals surface area (Å²) in [7, 11) is -2.45. The van der Waals surface area contributed by atoms with E-state index in [0.717, 1.165) is 11.6 Å². The van der Waals surface area contributed by atoms with E-state index in [1.54, 1.807) is 6.08 Å². The van der Waals surface area contributed by atoms with E-state index in [-0.39, 0.29) is 35.8 Å². The van der Waals surface area contributed by atoms with Crippen LogP contribution in [0.3, 0.4) is 0 Å². The second-order valence-electron chi connectivity index (χ2n) is 13.9. The topological polar surface area (TPSA) is 48.0 Å². The molecular weight excluding hydrogens is 552 g/mol. The summed E-state index contributed by atoms with van der Waals surface area (Å²) in [5, 5.41) is -0.140. The van der Waals surface area contributed by atoms with E-state index >= 15 is 0 Å². The highest BCUT2D eigenvalue weighted by Crippen LogP contribution is 2.42. The third-order valence-electron chi connectivity index (χ3n) is 8.53. The molecule has 1 fully saturated rings. The van der Waals surface area contributed by atoms with Gasteiger partial charge in [-0.15, -0.1) is 6.58 Å². The molecule has 0 saturated carbocycles. The Morgan fingerprint density at radius 3 is 2.21 bits per heavy atom. The highest BCUT2D eigenvalue weighted by Gasteiger charge is 2.51. The standard InChI is InChI=1S/C34H49F2NO4Si/c1-10-16-39-28-21-30(37(22-28)33(2,3)4)31(41-42(8,9)34(5,6)7)29(19-25-17-26(35)20-27(36)18-25)32(38)40-23-24-14-12-11-13-15-24/h10-15,17-18,20,28-31H,1,16,19,21-23H2,2-9H3/t28-,29?,30-,31?/m1/s1. The maximum atomic E-state index is 14.4. The van der Waals surface area contributed by atoms with Crippen molar-refractivity contribution in [3.63, 3.8) is 0 Å². The molecule has 2 aromatic rings. The molecule has 1 aliphatic heterocycles. The highest BCUT2D eigenvalue weighted by atomic mass is 28.4. The first kappa shape index (κ1) is 34.1. The number of carbonyl (C=O) groups excluding carboxylic acids is 1. The molecule has 5 nitrogen and oxygen atoms in total. The van der Waals surface area contributed by atoms with Crippen LogP contribution in [0.25, 0.3) is 0 Å². The van der Waals surface area contributed by atoms with Gasteiger partial charge >= 0.3 is 5.97 Å². The Bertz CT molecular complexity index is 1170. The molecule has 232 valence electrons. The van der Waals surface area contributed by atoms with Crippen molar-refractivity contribution >= 4 is 14.3 Å². The molecule has 0 aromatic heterocycles. The summed E-state index contributed by atoms with van der Waals surface area (Å²) >= 11 is 0. The predicted molar refractivity (Wildman–Crippen MR) is 167 cm³/mol. The molecule has 3 rings (SSSR count). The molecular formula is C34H49F2NO4Si. The molecule has 0 amide bonds. The number of benzene rings is 2. The van der Waals surface area contributed by atoms with Crippen LogP contribution in [-0.4, -0.2) is 56.1 Å². The zero-order valence-electron chi connectivity index (χ0n) is 26.6. The second-order valence-corrected chi connectivity index (χ2v) is 18.7. The first-order valence-corrected chi connectivity index (χ1v) is 17.8. The van der Waals surface area contributed by atoms with Gasteiger partial charge in [0.1, 0.15) is 18.2 Å². The summed E-state index contributed by atoms with van der Waals surface area (Å²) in [4.78, 5) is 16.4. The van der Waals surface area contributed by atoms with Crippen molar-refractivity contribution in [3.8, 4) is 0 Å².